The third-order valence-corrected chi connectivity index (χ3v) is 4.47. The molecule has 0 atom stereocenters. The molecule has 0 saturated carbocycles. The van der Waals surface area contributed by atoms with Crippen molar-refractivity contribution >= 4 is 45.6 Å². The Kier molecular flexibility index (Phi) is 6.46. The predicted molar refractivity (Wildman–Crippen MR) is 103 cm³/mol. The van der Waals surface area contributed by atoms with Crippen LogP contribution in [0, 0.1) is 5.92 Å². The van der Waals surface area contributed by atoms with E-state index in [2.05, 4.69) is 15.6 Å². The largest absolute Gasteiger partial charge is 0.326 e. The number of nitrogens with zero attached hydrogens (tertiary/aromatic N) is 2. The number of hydrogen-bond donors (Lipinski definition) is 2. The third kappa shape index (κ3) is 5.38. The zero-order valence-electron chi connectivity index (χ0n) is 15.2. The zero-order valence-corrected chi connectivity index (χ0v) is 16.0. The van der Waals surface area contributed by atoms with Gasteiger partial charge in [0.2, 0.25) is 17.7 Å². The number of amides is 3. The van der Waals surface area contributed by atoms with Gasteiger partial charge in [-0.25, -0.2) is 4.98 Å². The Labute approximate surface area is 156 Å². The first-order chi connectivity index (χ1) is 12.3. The van der Waals surface area contributed by atoms with Crippen LogP contribution in [0.2, 0.25) is 0 Å². The maximum Gasteiger partial charge on any atom is 0.230 e. The van der Waals surface area contributed by atoms with Crippen LogP contribution in [0.15, 0.2) is 29.6 Å². The molecule has 0 fully saturated rings. The lowest BCUT2D eigenvalue weighted by Gasteiger charge is -2.15. The average Bonchev–Trinajstić information content (AvgIpc) is 3.01. The smallest absolute Gasteiger partial charge is 0.230 e. The lowest BCUT2D eigenvalue weighted by Crippen LogP contribution is -2.22. The minimum absolute atomic E-state index is 0.0642. The first kappa shape index (κ1) is 19.6. The van der Waals surface area contributed by atoms with Crippen molar-refractivity contribution in [1.82, 2.24) is 4.98 Å². The Bertz CT molecular complexity index is 799. The number of thiazole rings is 1. The Morgan fingerprint density at radius 2 is 1.81 bits per heavy atom. The Morgan fingerprint density at radius 1 is 1.15 bits per heavy atom. The highest BCUT2D eigenvalue weighted by Crippen LogP contribution is 2.19. The van der Waals surface area contributed by atoms with Gasteiger partial charge in [-0.1, -0.05) is 13.8 Å². The molecule has 0 spiro atoms. The van der Waals surface area contributed by atoms with Gasteiger partial charge in [0, 0.05) is 36.6 Å². The fourth-order valence-corrected chi connectivity index (χ4v) is 2.73. The topological polar surface area (TPSA) is 91.4 Å². The van der Waals surface area contributed by atoms with Crippen LogP contribution in [0.3, 0.4) is 0 Å². The number of anilines is 3. The van der Waals surface area contributed by atoms with Crippen molar-refractivity contribution in [3.05, 3.63) is 35.3 Å². The first-order valence-electron chi connectivity index (χ1n) is 8.15. The molecule has 0 saturated heterocycles. The molecule has 1 aromatic carbocycles. The zero-order chi connectivity index (χ0) is 19.3. The molecule has 2 rings (SSSR count). The second-order valence-corrected chi connectivity index (χ2v) is 7.00. The van der Waals surface area contributed by atoms with Crippen LogP contribution in [0.1, 0.15) is 26.5 Å². The van der Waals surface area contributed by atoms with Crippen LogP contribution in [0.5, 0.6) is 0 Å². The maximum absolute atomic E-state index is 12.2. The van der Waals surface area contributed by atoms with Crippen LogP contribution < -0.4 is 15.5 Å². The number of aromatic nitrogens is 1. The Hall–Kier alpha value is -2.74. The molecule has 0 unspecified atom stereocenters. The predicted octanol–water partition coefficient (Wildman–Crippen LogP) is 2.90. The lowest BCUT2D eigenvalue weighted by molar-refractivity contribution is -0.119. The van der Waals surface area contributed by atoms with Gasteiger partial charge in [-0.3, -0.25) is 14.4 Å². The van der Waals surface area contributed by atoms with Crippen LogP contribution >= 0.6 is 11.3 Å². The molecule has 2 N–H and O–H groups in total. The van der Waals surface area contributed by atoms with Gasteiger partial charge in [-0.15, -0.1) is 11.3 Å². The van der Waals surface area contributed by atoms with Crippen molar-refractivity contribution in [3.8, 4) is 0 Å². The molecule has 138 valence electrons. The molecular weight excluding hydrogens is 352 g/mol. The highest BCUT2D eigenvalue weighted by atomic mass is 32.1. The summed E-state index contributed by atoms with van der Waals surface area (Å²) in [6, 6.07) is 7.00. The van der Waals surface area contributed by atoms with E-state index < -0.39 is 0 Å². The Balaban J connectivity index is 1.92. The minimum Gasteiger partial charge on any atom is -0.326 e. The highest BCUT2D eigenvalue weighted by molar-refractivity contribution is 7.13. The molecule has 0 bridgehead atoms. The summed E-state index contributed by atoms with van der Waals surface area (Å²) in [7, 11) is 1.69. The van der Waals surface area contributed by atoms with Gasteiger partial charge in [0.25, 0.3) is 0 Å². The molecule has 0 aliphatic carbocycles. The number of nitrogens with one attached hydrogen (secondary N) is 2. The van der Waals surface area contributed by atoms with Crippen molar-refractivity contribution in [2.24, 2.45) is 5.92 Å². The number of rotatable bonds is 6. The molecule has 1 heterocycles. The summed E-state index contributed by atoms with van der Waals surface area (Å²) in [6.45, 7) is 5.09. The summed E-state index contributed by atoms with van der Waals surface area (Å²) in [5.74, 6) is -0.503. The van der Waals surface area contributed by atoms with Crippen molar-refractivity contribution in [3.63, 3.8) is 0 Å². The standard InChI is InChI=1S/C18H22N4O3S/c1-11(2)17(25)21-18-20-14(10-26-18)9-16(24)19-13-5-7-15(8-6-13)22(4)12(3)23/h5-8,10-11H,9H2,1-4H3,(H,19,24)(H,20,21,25). The van der Waals surface area contributed by atoms with Gasteiger partial charge in [-0.05, 0) is 24.3 Å². The normalized spacial score (nSPS) is 10.5. The molecule has 7 nitrogen and oxygen atoms in total. The molecule has 0 radical (unpaired) electrons. The van der Waals surface area contributed by atoms with E-state index in [1.807, 2.05) is 0 Å². The second kappa shape index (κ2) is 8.57. The summed E-state index contributed by atoms with van der Waals surface area (Å²) in [5, 5.41) is 7.74. The maximum atomic E-state index is 12.2. The summed E-state index contributed by atoms with van der Waals surface area (Å²) < 4.78 is 0. The SMILES string of the molecule is CC(=O)N(C)c1ccc(NC(=O)Cc2csc(NC(=O)C(C)C)n2)cc1. The molecule has 3 amide bonds. The fraction of sp³-hybridized carbons (Fsp3) is 0.333. The van der Waals surface area contributed by atoms with E-state index in [-0.39, 0.29) is 30.1 Å². The van der Waals surface area contributed by atoms with Gasteiger partial charge in [0.15, 0.2) is 5.13 Å². The van der Waals surface area contributed by atoms with E-state index in [4.69, 9.17) is 0 Å². The summed E-state index contributed by atoms with van der Waals surface area (Å²) in [4.78, 5) is 40.9. The molecule has 0 aliphatic rings. The molecular formula is C18H22N4O3S. The van der Waals surface area contributed by atoms with Crippen molar-refractivity contribution in [2.75, 3.05) is 22.6 Å². The monoisotopic (exact) mass is 374 g/mol. The van der Waals surface area contributed by atoms with Crippen LogP contribution in [0.4, 0.5) is 16.5 Å². The van der Waals surface area contributed by atoms with E-state index in [1.165, 1.54) is 23.2 Å². The first-order valence-corrected chi connectivity index (χ1v) is 9.03. The molecule has 2 aromatic rings. The summed E-state index contributed by atoms with van der Waals surface area (Å²) >= 11 is 1.29. The average molecular weight is 374 g/mol. The quantitative estimate of drug-likeness (QED) is 0.813. The fourth-order valence-electron chi connectivity index (χ4n) is 2.02. The molecule has 1 aromatic heterocycles. The number of carbonyl (C=O) groups is 3. The van der Waals surface area contributed by atoms with Gasteiger partial charge >= 0.3 is 0 Å². The lowest BCUT2D eigenvalue weighted by atomic mass is 10.2. The summed E-state index contributed by atoms with van der Waals surface area (Å²) in [5.41, 5.74) is 1.99. The molecule has 8 heteroatoms. The second-order valence-electron chi connectivity index (χ2n) is 6.14. The van der Waals surface area contributed by atoms with Crippen molar-refractivity contribution < 1.29 is 14.4 Å². The number of hydrogen-bond acceptors (Lipinski definition) is 5. The van der Waals surface area contributed by atoms with E-state index in [0.717, 1.165) is 5.69 Å². The number of benzene rings is 1. The van der Waals surface area contributed by atoms with Gasteiger partial charge in [0.05, 0.1) is 12.1 Å². The van der Waals surface area contributed by atoms with Crippen molar-refractivity contribution in [2.45, 2.75) is 27.2 Å². The van der Waals surface area contributed by atoms with Gasteiger partial charge < -0.3 is 15.5 Å². The van der Waals surface area contributed by atoms with E-state index in [1.54, 1.807) is 50.5 Å². The van der Waals surface area contributed by atoms with E-state index in [9.17, 15) is 14.4 Å². The minimum atomic E-state index is -0.204. The van der Waals surface area contributed by atoms with Gasteiger partial charge in [0.1, 0.15) is 0 Å². The summed E-state index contributed by atoms with van der Waals surface area (Å²) in [6.07, 6.45) is 0.114. The van der Waals surface area contributed by atoms with E-state index in [0.29, 0.717) is 16.5 Å². The van der Waals surface area contributed by atoms with Crippen LogP contribution in [-0.2, 0) is 20.8 Å². The van der Waals surface area contributed by atoms with Crippen molar-refractivity contribution in [1.29, 1.82) is 0 Å². The van der Waals surface area contributed by atoms with Crippen LogP contribution in [0.25, 0.3) is 0 Å². The molecule has 0 aliphatic heterocycles. The van der Waals surface area contributed by atoms with Gasteiger partial charge in [-0.2, -0.15) is 0 Å². The molecule has 26 heavy (non-hydrogen) atoms. The number of carbonyl (C=O) groups excluding carboxylic acids is 3. The van der Waals surface area contributed by atoms with Crippen LogP contribution in [-0.4, -0.2) is 29.8 Å². The third-order valence-electron chi connectivity index (χ3n) is 3.66. The van der Waals surface area contributed by atoms with E-state index >= 15 is 0 Å². The Morgan fingerprint density at radius 3 is 2.38 bits per heavy atom. The highest BCUT2D eigenvalue weighted by Gasteiger charge is 2.12.